The van der Waals surface area contributed by atoms with Gasteiger partial charge in [-0.2, -0.15) is 0 Å². The van der Waals surface area contributed by atoms with E-state index >= 15 is 0 Å². The normalized spacial score (nSPS) is 27.0. The second-order valence-electron chi connectivity index (χ2n) is 4.09. The van der Waals surface area contributed by atoms with E-state index in [0.29, 0.717) is 17.7 Å². The molecule has 0 aromatic carbocycles. The van der Waals surface area contributed by atoms with Gasteiger partial charge in [0, 0.05) is 12.6 Å². The summed E-state index contributed by atoms with van der Waals surface area (Å²) in [4.78, 5) is 0. The van der Waals surface area contributed by atoms with Gasteiger partial charge in [-0.3, -0.25) is 0 Å². The minimum Gasteiger partial charge on any atom is -0.395 e. The zero-order chi connectivity index (χ0) is 10.4. The molecule has 14 heavy (non-hydrogen) atoms. The van der Waals surface area contributed by atoms with Crippen molar-refractivity contribution in [1.82, 2.24) is 10.6 Å². The maximum Gasteiger partial charge on any atom is 0.166 e. The summed E-state index contributed by atoms with van der Waals surface area (Å²) in [6, 6.07) is 0.525. The monoisotopic (exact) mass is 216 g/mol. The first kappa shape index (κ1) is 11.7. The quantitative estimate of drug-likeness (QED) is 0.616. The average molecular weight is 216 g/mol. The fourth-order valence-corrected chi connectivity index (χ4v) is 2.24. The number of aliphatic hydroxyl groups is 1. The Balaban J connectivity index is 2.18. The van der Waals surface area contributed by atoms with Crippen molar-refractivity contribution in [3.05, 3.63) is 0 Å². The van der Waals surface area contributed by atoms with Gasteiger partial charge in [0.2, 0.25) is 0 Å². The van der Waals surface area contributed by atoms with Gasteiger partial charge in [0.1, 0.15) is 0 Å². The van der Waals surface area contributed by atoms with E-state index in [9.17, 15) is 0 Å². The highest BCUT2D eigenvalue weighted by Crippen LogP contribution is 2.23. The summed E-state index contributed by atoms with van der Waals surface area (Å²) in [6.07, 6.45) is 5.06. The molecular weight excluding hydrogens is 196 g/mol. The number of nitrogens with one attached hydrogen (secondary N) is 2. The molecule has 0 bridgehead atoms. The van der Waals surface area contributed by atoms with Gasteiger partial charge in [0.15, 0.2) is 5.11 Å². The van der Waals surface area contributed by atoms with Crippen LogP contribution in [0.25, 0.3) is 0 Å². The summed E-state index contributed by atoms with van der Waals surface area (Å²) in [5.74, 6) is 0.807. The molecule has 1 saturated carbocycles. The molecule has 0 amide bonds. The highest BCUT2D eigenvalue weighted by molar-refractivity contribution is 7.80. The average Bonchev–Trinajstić information content (AvgIpc) is 2.15. The molecule has 3 N–H and O–H groups in total. The second-order valence-corrected chi connectivity index (χ2v) is 4.50. The van der Waals surface area contributed by atoms with Crippen molar-refractivity contribution in [3.63, 3.8) is 0 Å². The summed E-state index contributed by atoms with van der Waals surface area (Å²) >= 11 is 5.11. The van der Waals surface area contributed by atoms with E-state index in [4.69, 9.17) is 17.3 Å². The summed E-state index contributed by atoms with van der Waals surface area (Å²) < 4.78 is 0. The molecule has 1 aliphatic rings. The molecule has 82 valence electrons. The van der Waals surface area contributed by atoms with E-state index in [1.807, 2.05) is 0 Å². The van der Waals surface area contributed by atoms with Crippen molar-refractivity contribution < 1.29 is 5.11 Å². The first-order valence-corrected chi connectivity index (χ1v) is 5.78. The van der Waals surface area contributed by atoms with Gasteiger partial charge in [-0.25, -0.2) is 0 Å². The molecule has 0 saturated heterocycles. The van der Waals surface area contributed by atoms with Crippen LogP contribution in [0.3, 0.4) is 0 Å². The van der Waals surface area contributed by atoms with E-state index < -0.39 is 0 Å². The lowest BCUT2D eigenvalue weighted by Crippen LogP contribution is -2.44. The largest absolute Gasteiger partial charge is 0.395 e. The van der Waals surface area contributed by atoms with Crippen LogP contribution < -0.4 is 10.6 Å². The summed E-state index contributed by atoms with van der Waals surface area (Å²) in [7, 11) is 0. The van der Waals surface area contributed by atoms with Gasteiger partial charge < -0.3 is 15.7 Å². The van der Waals surface area contributed by atoms with Crippen LogP contribution in [0.15, 0.2) is 0 Å². The van der Waals surface area contributed by atoms with E-state index in [1.165, 1.54) is 25.7 Å². The topological polar surface area (TPSA) is 44.3 Å². The maximum atomic E-state index is 8.61. The fraction of sp³-hybridized carbons (Fsp3) is 0.900. The van der Waals surface area contributed by atoms with E-state index in [1.54, 1.807) is 0 Å². The lowest BCUT2D eigenvalue weighted by Gasteiger charge is -2.28. The van der Waals surface area contributed by atoms with E-state index in [0.717, 1.165) is 5.92 Å². The summed E-state index contributed by atoms with van der Waals surface area (Å²) in [6.45, 7) is 2.95. The number of hydrogen-bond donors (Lipinski definition) is 3. The summed E-state index contributed by atoms with van der Waals surface area (Å²) in [5.41, 5.74) is 0. The van der Waals surface area contributed by atoms with Crippen molar-refractivity contribution in [2.45, 2.75) is 38.6 Å². The lowest BCUT2D eigenvalue weighted by molar-refractivity contribution is 0.298. The van der Waals surface area contributed by atoms with Crippen LogP contribution in [-0.2, 0) is 0 Å². The predicted molar refractivity (Wildman–Crippen MR) is 62.2 cm³/mol. The Morgan fingerprint density at radius 2 is 2.29 bits per heavy atom. The Morgan fingerprint density at radius 3 is 2.93 bits per heavy atom. The van der Waals surface area contributed by atoms with Crippen molar-refractivity contribution in [1.29, 1.82) is 0 Å². The minimum absolute atomic E-state index is 0.128. The molecule has 2 atom stereocenters. The molecule has 4 heteroatoms. The smallest absolute Gasteiger partial charge is 0.166 e. The van der Waals surface area contributed by atoms with E-state index in [2.05, 4.69) is 17.6 Å². The Bertz CT molecular complexity index is 187. The molecule has 0 aromatic heterocycles. The highest BCUT2D eigenvalue weighted by Gasteiger charge is 2.18. The summed E-state index contributed by atoms with van der Waals surface area (Å²) in [5, 5.41) is 15.6. The number of hydrogen-bond acceptors (Lipinski definition) is 2. The van der Waals surface area contributed by atoms with Crippen LogP contribution in [0.1, 0.15) is 32.6 Å². The van der Waals surface area contributed by atoms with Gasteiger partial charge in [-0.15, -0.1) is 0 Å². The van der Waals surface area contributed by atoms with Gasteiger partial charge in [-0.1, -0.05) is 19.8 Å². The van der Waals surface area contributed by atoms with Crippen LogP contribution in [0.5, 0.6) is 0 Å². The molecule has 1 fully saturated rings. The molecule has 0 unspecified atom stereocenters. The molecule has 1 rings (SSSR count). The van der Waals surface area contributed by atoms with Crippen molar-refractivity contribution in [2.24, 2.45) is 5.92 Å². The first-order valence-electron chi connectivity index (χ1n) is 5.37. The molecule has 0 heterocycles. The third-order valence-corrected chi connectivity index (χ3v) is 2.93. The van der Waals surface area contributed by atoms with Gasteiger partial charge in [-0.05, 0) is 31.0 Å². The lowest BCUT2D eigenvalue weighted by atomic mass is 9.87. The zero-order valence-corrected chi connectivity index (χ0v) is 9.57. The van der Waals surface area contributed by atoms with Crippen LogP contribution in [0.2, 0.25) is 0 Å². The number of thiocarbonyl (C=S) groups is 1. The van der Waals surface area contributed by atoms with Gasteiger partial charge in [0.25, 0.3) is 0 Å². The molecule has 0 aromatic rings. The highest BCUT2D eigenvalue weighted by atomic mass is 32.1. The molecule has 1 aliphatic carbocycles. The van der Waals surface area contributed by atoms with Gasteiger partial charge >= 0.3 is 0 Å². The SMILES string of the molecule is C[C@H]1CCC[C@@H](NC(=S)NCCO)C1. The molecule has 3 nitrogen and oxygen atoms in total. The molecule has 0 radical (unpaired) electrons. The van der Waals surface area contributed by atoms with Crippen molar-refractivity contribution >= 4 is 17.3 Å². The molecule has 0 spiro atoms. The van der Waals surface area contributed by atoms with Crippen molar-refractivity contribution in [2.75, 3.05) is 13.2 Å². The van der Waals surface area contributed by atoms with Crippen LogP contribution in [0, 0.1) is 5.92 Å². The maximum absolute atomic E-state index is 8.61. The number of aliphatic hydroxyl groups excluding tert-OH is 1. The third-order valence-electron chi connectivity index (χ3n) is 2.67. The third kappa shape index (κ3) is 4.24. The fourth-order valence-electron chi connectivity index (χ4n) is 1.97. The molecule has 0 aliphatic heterocycles. The van der Waals surface area contributed by atoms with Crippen LogP contribution in [-0.4, -0.2) is 29.4 Å². The Kier molecular flexibility index (Phi) is 5.19. The predicted octanol–water partition coefficient (Wildman–Crippen LogP) is 1.02. The zero-order valence-electron chi connectivity index (χ0n) is 8.75. The Morgan fingerprint density at radius 1 is 1.50 bits per heavy atom. The number of rotatable bonds is 3. The minimum atomic E-state index is 0.128. The molecular formula is C10H20N2OS. The van der Waals surface area contributed by atoms with Crippen LogP contribution >= 0.6 is 12.2 Å². The van der Waals surface area contributed by atoms with Crippen molar-refractivity contribution in [3.8, 4) is 0 Å². The van der Waals surface area contributed by atoms with E-state index in [-0.39, 0.29) is 6.61 Å². The van der Waals surface area contributed by atoms with Crippen LogP contribution in [0.4, 0.5) is 0 Å². The first-order chi connectivity index (χ1) is 6.72. The standard InChI is InChI=1S/C10H20N2OS/c1-8-3-2-4-9(7-8)12-10(14)11-5-6-13/h8-9,13H,2-7H2,1H3,(H2,11,12,14)/t8-,9+/m0/s1. The Labute approximate surface area is 91.3 Å². The second kappa shape index (κ2) is 6.19. The van der Waals surface area contributed by atoms with Gasteiger partial charge in [0.05, 0.1) is 6.61 Å². The Hall–Kier alpha value is -0.350.